The van der Waals surface area contributed by atoms with E-state index in [4.69, 9.17) is 32.7 Å². The third-order valence-electron chi connectivity index (χ3n) is 5.83. The number of hydrogen-bond donors (Lipinski definition) is 0. The van der Waals surface area contributed by atoms with Gasteiger partial charge < -0.3 is 14.4 Å². The highest BCUT2D eigenvalue weighted by Crippen LogP contribution is 2.43. The maximum atomic E-state index is 13.6. The van der Waals surface area contributed by atoms with Crippen molar-refractivity contribution >= 4 is 29.1 Å². The van der Waals surface area contributed by atoms with Crippen molar-refractivity contribution in [3.8, 4) is 11.5 Å². The predicted molar refractivity (Wildman–Crippen MR) is 124 cm³/mol. The van der Waals surface area contributed by atoms with Crippen LogP contribution in [0, 0.1) is 0 Å². The molecule has 0 saturated heterocycles. The van der Waals surface area contributed by atoms with Crippen LogP contribution in [0.1, 0.15) is 38.7 Å². The molecule has 1 amide bonds. The van der Waals surface area contributed by atoms with Crippen LogP contribution in [0.15, 0.2) is 54.6 Å². The molecule has 1 aliphatic heterocycles. The predicted octanol–water partition coefficient (Wildman–Crippen LogP) is 6.82. The number of alkyl halides is 3. The minimum absolute atomic E-state index is 0.215. The zero-order valence-electron chi connectivity index (χ0n) is 18.2. The zero-order chi connectivity index (χ0) is 24.6. The highest BCUT2D eigenvalue weighted by molar-refractivity contribution is 6.42. The summed E-state index contributed by atoms with van der Waals surface area (Å²) in [4.78, 5) is 15.1. The molecule has 3 aromatic rings. The molecule has 1 aliphatic rings. The molecule has 0 N–H and O–H groups in total. The number of carbonyl (C=O) groups excluding carboxylic acids is 1. The molecule has 0 spiro atoms. The van der Waals surface area contributed by atoms with Crippen LogP contribution >= 0.6 is 23.2 Å². The van der Waals surface area contributed by atoms with Gasteiger partial charge in [0, 0.05) is 12.1 Å². The van der Waals surface area contributed by atoms with Crippen molar-refractivity contribution in [3.05, 3.63) is 92.5 Å². The molecule has 34 heavy (non-hydrogen) atoms. The Kier molecular flexibility index (Phi) is 6.69. The molecule has 4 rings (SSSR count). The number of rotatable bonds is 4. The molecule has 0 saturated carbocycles. The molecule has 4 nitrogen and oxygen atoms in total. The van der Waals surface area contributed by atoms with Crippen molar-refractivity contribution in [2.24, 2.45) is 0 Å². The number of amides is 1. The lowest BCUT2D eigenvalue weighted by Crippen LogP contribution is -2.40. The van der Waals surface area contributed by atoms with Crippen molar-refractivity contribution in [2.45, 2.75) is 18.6 Å². The summed E-state index contributed by atoms with van der Waals surface area (Å²) < 4.78 is 51.3. The molecule has 9 heteroatoms. The lowest BCUT2D eigenvalue weighted by molar-refractivity contribution is -0.137. The quantitative estimate of drug-likeness (QED) is 0.387. The number of ether oxygens (including phenoxy) is 2. The molecule has 0 bridgehead atoms. The van der Waals surface area contributed by atoms with E-state index < -0.39 is 17.8 Å². The summed E-state index contributed by atoms with van der Waals surface area (Å²) in [5.74, 6) is 0.553. The molecular weight excluding hydrogens is 490 g/mol. The van der Waals surface area contributed by atoms with Gasteiger partial charge in [-0.25, -0.2) is 0 Å². The van der Waals surface area contributed by atoms with E-state index >= 15 is 0 Å². The molecule has 3 aromatic carbocycles. The monoisotopic (exact) mass is 509 g/mol. The zero-order valence-corrected chi connectivity index (χ0v) is 19.8. The highest BCUT2D eigenvalue weighted by atomic mass is 35.5. The summed E-state index contributed by atoms with van der Waals surface area (Å²) in [6.07, 6.45) is -4.04. The van der Waals surface area contributed by atoms with Gasteiger partial charge in [0.15, 0.2) is 11.5 Å². The van der Waals surface area contributed by atoms with Crippen LogP contribution in [-0.2, 0) is 12.6 Å². The highest BCUT2D eigenvalue weighted by Gasteiger charge is 2.36. The number of carbonyl (C=O) groups is 1. The van der Waals surface area contributed by atoms with Crippen LogP contribution in [-0.4, -0.2) is 31.6 Å². The van der Waals surface area contributed by atoms with E-state index in [1.54, 1.807) is 29.2 Å². The summed E-state index contributed by atoms with van der Waals surface area (Å²) in [6.45, 7) is 0.280. The van der Waals surface area contributed by atoms with E-state index in [0.29, 0.717) is 34.1 Å². The smallest absolute Gasteiger partial charge is 0.416 e. The fourth-order valence-corrected chi connectivity index (χ4v) is 4.50. The maximum Gasteiger partial charge on any atom is 0.416 e. The summed E-state index contributed by atoms with van der Waals surface area (Å²) in [5, 5.41) is 0.514. The number of nitrogens with zero attached hydrogens (tertiary/aromatic N) is 1. The fourth-order valence-electron chi connectivity index (χ4n) is 4.20. The van der Waals surface area contributed by atoms with Gasteiger partial charge in [-0.3, -0.25) is 4.79 Å². The third kappa shape index (κ3) is 4.55. The van der Waals surface area contributed by atoms with E-state index in [-0.39, 0.29) is 23.0 Å². The molecule has 0 aromatic heterocycles. The third-order valence-corrected chi connectivity index (χ3v) is 6.57. The molecule has 1 atom stereocenters. The number of benzene rings is 3. The van der Waals surface area contributed by atoms with Gasteiger partial charge in [-0.2, -0.15) is 13.2 Å². The Morgan fingerprint density at radius 3 is 2.32 bits per heavy atom. The minimum Gasteiger partial charge on any atom is -0.493 e. The van der Waals surface area contributed by atoms with E-state index in [0.717, 1.165) is 17.7 Å². The largest absolute Gasteiger partial charge is 0.493 e. The van der Waals surface area contributed by atoms with Gasteiger partial charge in [-0.15, -0.1) is 0 Å². The van der Waals surface area contributed by atoms with Crippen molar-refractivity contribution < 1.29 is 27.4 Å². The van der Waals surface area contributed by atoms with Crippen LogP contribution < -0.4 is 9.47 Å². The van der Waals surface area contributed by atoms with Crippen LogP contribution in [0.4, 0.5) is 13.2 Å². The Bertz CT molecular complexity index is 1250. The first-order valence-electron chi connectivity index (χ1n) is 10.3. The number of hydrogen-bond acceptors (Lipinski definition) is 3. The minimum atomic E-state index is -4.52. The van der Waals surface area contributed by atoms with Crippen LogP contribution in [0.3, 0.4) is 0 Å². The van der Waals surface area contributed by atoms with Gasteiger partial charge in [0.1, 0.15) is 0 Å². The van der Waals surface area contributed by atoms with E-state index in [9.17, 15) is 18.0 Å². The number of methoxy groups -OCH3 is 2. The molecular formula is C25H20Cl2F3NO3. The summed E-state index contributed by atoms with van der Waals surface area (Å²) >= 11 is 12.1. The second kappa shape index (κ2) is 9.39. The Morgan fingerprint density at radius 1 is 0.971 bits per heavy atom. The molecule has 178 valence electrons. The van der Waals surface area contributed by atoms with Crippen LogP contribution in [0.25, 0.3) is 0 Å². The normalized spacial score (nSPS) is 15.6. The van der Waals surface area contributed by atoms with Crippen molar-refractivity contribution in [2.75, 3.05) is 20.8 Å². The molecule has 0 aliphatic carbocycles. The van der Waals surface area contributed by atoms with Crippen LogP contribution in [0.2, 0.25) is 10.0 Å². The van der Waals surface area contributed by atoms with Gasteiger partial charge >= 0.3 is 6.18 Å². The van der Waals surface area contributed by atoms with Crippen molar-refractivity contribution in [1.29, 1.82) is 0 Å². The van der Waals surface area contributed by atoms with Gasteiger partial charge in [0.05, 0.1) is 35.9 Å². The van der Waals surface area contributed by atoms with E-state index in [1.807, 2.05) is 0 Å². The van der Waals surface area contributed by atoms with Gasteiger partial charge in [0.25, 0.3) is 5.91 Å². The SMILES string of the molecule is COc1cc2c(cc1OC)[C@@H](c1cccc(C(F)(F)F)c1)N(C(=O)c1ccc(Cl)c(Cl)c1)CC2. The number of halogens is 5. The summed E-state index contributed by atoms with van der Waals surface area (Å²) in [7, 11) is 2.99. The van der Waals surface area contributed by atoms with Gasteiger partial charge in [-0.1, -0.05) is 35.3 Å². The Labute approximate surface area is 204 Å². The first kappa shape index (κ1) is 24.2. The molecule has 1 heterocycles. The lowest BCUT2D eigenvalue weighted by Gasteiger charge is -2.38. The molecule has 0 radical (unpaired) electrons. The first-order valence-corrected chi connectivity index (χ1v) is 11.1. The molecule has 0 fully saturated rings. The second-order valence-electron chi connectivity index (χ2n) is 7.81. The maximum absolute atomic E-state index is 13.6. The first-order chi connectivity index (χ1) is 16.1. The average molecular weight is 510 g/mol. The average Bonchev–Trinajstić information content (AvgIpc) is 2.83. The topological polar surface area (TPSA) is 38.8 Å². The Morgan fingerprint density at radius 2 is 1.68 bits per heavy atom. The summed E-state index contributed by atoms with van der Waals surface area (Å²) in [5.41, 5.74) is 1.35. The number of fused-ring (bicyclic) bond motifs is 1. The second-order valence-corrected chi connectivity index (χ2v) is 8.62. The fraction of sp³-hybridized carbons (Fsp3) is 0.240. The van der Waals surface area contributed by atoms with Gasteiger partial charge in [-0.05, 0) is 65.6 Å². The summed E-state index contributed by atoms with van der Waals surface area (Å²) in [6, 6.07) is 12.3. The standard InChI is InChI=1S/C25H20Cl2F3NO3/c1-33-21-12-14-8-9-31(24(32)16-6-7-19(26)20(27)11-16)23(18(14)13-22(21)34-2)15-4-3-5-17(10-15)25(28,29)30/h3-7,10-13,23H,8-9H2,1-2H3/t23-/m1/s1. The Balaban J connectivity index is 1.89. The van der Waals surface area contributed by atoms with E-state index in [2.05, 4.69) is 0 Å². The van der Waals surface area contributed by atoms with Crippen molar-refractivity contribution in [1.82, 2.24) is 4.90 Å². The van der Waals surface area contributed by atoms with Crippen molar-refractivity contribution in [3.63, 3.8) is 0 Å². The Hall–Kier alpha value is -2.90. The van der Waals surface area contributed by atoms with E-state index in [1.165, 1.54) is 32.4 Å². The van der Waals surface area contributed by atoms with Gasteiger partial charge in [0.2, 0.25) is 0 Å². The van der Waals surface area contributed by atoms with Crippen LogP contribution in [0.5, 0.6) is 11.5 Å². The molecule has 0 unspecified atom stereocenters. The lowest BCUT2D eigenvalue weighted by atomic mass is 9.86.